The number of benzene rings is 1. The van der Waals surface area contributed by atoms with E-state index in [1.807, 2.05) is 18.2 Å². The second-order valence-corrected chi connectivity index (χ2v) is 5.22. The van der Waals surface area contributed by atoms with Gasteiger partial charge in [-0.2, -0.15) is 0 Å². The molecule has 3 rings (SSSR count). The predicted octanol–water partition coefficient (Wildman–Crippen LogP) is 3.50. The van der Waals surface area contributed by atoms with E-state index in [0.29, 0.717) is 6.04 Å². The Kier molecular flexibility index (Phi) is 3.65. The molecule has 1 aliphatic rings. The molecule has 1 aliphatic carbocycles. The Bertz CT molecular complexity index is 519. The normalized spacial score (nSPS) is 16.5. The van der Waals surface area contributed by atoms with Crippen molar-refractivity contribution in [3.05, 3.63) is 59.8 Å². The van der Waals surface area contributed by atoms with E-state index in [0.717, 1.165) is 24.3 Å². The lowest BCUT2D eigenvalue weighted by atomic mass is 9.94. The molecule has 0 bridgehead atoms. The van der Waals surface area contributed by atoms with Crippen LogP contribution in [0, 0.1) is 5.82 Å². The van der Waals surface area contributed by atoms with Gasteiger partial charge in [-0.1, -0.05) is 12.1 Å². The summed E-state index contributed by atoms with van der Waals surface area (Å²) in [4.78, 5) is 0. The minimum Gasteiger partial charge on any atom is -0.469 e. The average Bonchev–Trinajstić information content (AvgIpc) is 3.10. The minimum atomic E-state index is -0.173. The Hall–Kier alpha value is -1.61. The van der Waals surface area contributed by atoms with Crippen LogP contribution in [0.15, 0.2) is 47.1 Å². The van der Waals surface area contributed by atoms with Crippen molar-refractivity contribution in [2.75, 3.05) is 6.54 Å². The zero-order valence-electron chi connectivity index (χ0n) is 10.8. The molecule has 100 valence electrons. The molecule has 2 nitrogen and oxygen atoms in total. The van der Waals surface area contributed by atoms with Crippen LogP contribution in [-0.4, -0.2) is 12.6 Å². The van der Waals surface area contributed by atoms with Crippen molar-refractivity contribution in [3.63, 3.8) is 0 Å². The van der Waals surface area contributed by atoms with Crippen molar-refractivity contribution in [2.24, 2.45) is 0 Å². The lowest BCUT2D eigenvalue weighted by Crippen LogP contribution is -2.24. The minimum absolute atomic E-state index is 0.173. The first-order chi connectivity index (χ1) is 9.31. The topological polar surface area (TPSA) is 25.2 Å². The quantitative estimate of drug-likeness (QED) is 0.859. The molecule has 3 heteroatoms. The molecule has 1 fully saturated rings. The van der Waals surface area contributed by atoms with Gasteiger partial charge in [0.25, 0.3) is 0 Å². The molecule has 1 N–H and O–H groups in total. The summed E-state index contributed by atoms with van der Waals surface area (Å²) in [6.45, 7) is 0.870. The number of hydrogen-bond donors (Lipinski definition) is 1. The molecule has 0 amide bonds. The highest BCUT2D eigenvalue weighted by molar-refractivity contribution is 5.23. The second-order valence-electron chi connectivity index (χ2n) is 5.22. The Balaban J connectivity index is 1.73. The molecule has 0 aliphatic heterocycles. The van der Waals surface area contributed by atoms with Crippen LogP contribution in [0.5, 0.6) is 0 Å². The van der Waals surface area contributed by atoms with E-state index >= 15 is 0 Å². The molecule has 2 aromatic rings. The lowest BCUT2D eigenvalue weighted by molar-refractivity contribution is 0.471. The predicted molar refractivity (Wildman–Crippen MR) is 72.6 cm³/mol. The van der Waals surface area contributed by atoms with Crippen molar-refractivity contribution in [2.45, 2.75) is 31.2 Å². The molecule has 1 heterocycles. The van der Waals surface area contributed by atoms with Crippen molar-refractivity contribution < 1.29 is 8.81 Å². The van der Waals surface area contributed by atoms with E-state index in [4.69, 9.17) is 4.42 Å². The van der Waals surface area contributed by atoms with Gasteiger partial charge in [-0.25, -0.2) is 4.39 Å². The average molecular weight is 259 g/mol. The van der Waals surface area contributed by atoms with E-state index in [1.54, 1.807) is 18.4 Å². The van der Waals surface area contributed by atoms with Crippen LogP contribution in [0.1, 0.15) is 30.1 Å². The van der Waals surface area contributed by atoms with Crippen molar-refractivity contribution in [3.8, 4) is 0 Å². The van der Waals surface area contributed by atoms with E-state index in [9.17, 15) is 4.39 Å². The Morgan fingerprint density at radius 1 is 1.26 bits per heavy atom. The van der Waals surface area contributed by atoms with Gasteiger partial charge < -0.3 is 9.73 Å². The zero-order valence-corrected chi connectivity index (χ0v) is 10.8. The van der Waals surface area contributed by atoms with E-state index in [-0.39, 0.29) is 11.7 Å². The van der Waals surface area contributed by atoms with Crippen molar-refractivity contribution in [1.82, 2.24) is 5.32 Å². The maximum absolute atomic E-state index is 13.4. The first kappa shape index (κ1) is 12.4. The van der Waals surface area contributed by atoms with Crippen LogP contribution < -0.4 is 5.32 Å². The van der Waals surface area contributed by atoms with Crippen LogP contribution in [0.4, 0.5) is 4.39 Å². The smallest absolute Gasteiger partial charge is 0.123 e. The molecule has 1 saturated carbocycles. The molecule has 1 aromatic carbocycles. The van der Waals surface area contributed by atoms with Gasteiger partial charge in [0.2, 0.25) is 0 Å². The van der Waals surface area contributed by atoms with E-state index < -0.39 is 0 Å². The largest absolute Gasteiger partial charge is 0.469 e. The molecule has 19 heavy (non-hydrogen) atoms. The maximum atomic E-state index is 13.4. The van der Waals surface area contributed by atoms with Crippen molar-refractivity contribution >= 4 is 0 Å². The molecule has 0 radical (unpaired) electrons. The number of rotatable bonds is 6. The fourth-order valence-corrected chi connectivity index (χ4v) is 2.34. The summed E-state index contributed by atoms with van der Waals surface area (Å²) in [5.74, 6) is 1.03. The van der Waals surface area contributed by atoms with Crippen LogP contribution in [0.2, 0.25) is 0 Å². The SMILES string of the molecule is Fc1cccc(C(CNC2CC2)Cc2ccco2)c1. The summed E-state index contributed by atoms with van der Waals surface area (Å²) in [6.07, 6.45) is 5.01. The zero-order chi connectivity index (χ0) is 13.1. The number of nitrogens with one attached hydrogen (secondary N) is 1. The molecule has 1 atom stereocenters. The van der Waals surface area contributed by atoms with Gasteiger partial charge in [0.05, 0.1) is 6.26 Å². The van der Waals surface area contributed by atoms with Gasteiger partial charge >= 0.3 is 0 Å². The number of furan rings is 1. The molecular weight excluding hydrogens is 241 g/mol. The molecular formula is C16H18FNO. The Morgan fingerprint density at radius 3 is 2.84 bits per heavy atom. The summed E-state index contributed by atoms with van der Waals surface area (Å²) in [5, 5.41) is 3.52. The monoisotopic (exact) mass is 259 g/mol. The highest BCUT2D eigenvalue weighted by Crippen LogP contribution is 2.24. The van der Waals surface area contributed by atoms with Crippen LogP contribution >= 0.6 is 0 Å². The standard InChI is InChI=1S/C16H18FNO/c17-14-4-1-3-12(9-14)13(11-18-15-6-7-15)10-16-5-2-8-19-16/h1-5,8-9,13,15,18H,6-7,10-11H2. The summed E-state index contributed by atoms with van der Waals surface area (Å²) >= 11 is 0. The summed E-state index contributed by atoms with van der Waals surface area (Å²) < 4.78 is 18.8. The van der Waals surface area contributed by atoms with Crippen molar-refractivity contribution in [1.29, 1.82) is 0 Å². The third kappa shape index (κ3) is 3.44. The van der Waals surface area contributed by atoms with Crippen LogP contribution in [0.3, 0.4) is 0 Å². The number of halogens is 1. The first-order valence-electron chi connectivity index (χ1n) is 6.82. The fraction of sp³-hybridized carbons (Fsp3) is 0.375. The first-order valence-corrected chi connectivity index (χ1v) is 6.82. The van der Waals surface area contributed by atoms with Crippen LogP contribution in [-0.2, 0) is 6.42 Å². The maximum Gasteiger partial charge on any atom is 0.123 e. The summed E-state index contributed by atoms with van der Waals surface area (Å²) in [7, 11) is 0. The molecule has 1 unspecified atom stereocenters. The van der Waals surface area contributed by atoms with Gasteiger partial charge in [0, 0.05) is 24.9 Å². The fourth-order valence-electron chi connectivity index (χ4n) is 2.34. The van der Waals surface area contributed by atoms with E-state index in [1.165, 1.54) is 18.9 Å². The highest BCUT2D eigenvalue weighted by Gasteiger charge is 2.23. The number of hydrogen-bond acceptors (Lipinski definition) is 2. The summed E-state index contributed by atoms with van der Waals surface area (Å²) in [5.41, 5.74) is 1.03. The van der Waals surface area contributed by atoms with Gasteiger partial charge in [0.15, 0.2) is 0 Å². The van der Waals surface area contributed by atoms with Crippen LogP contribution in [0.25, 0.3) is 0 Å². The Labute approximate surface area is 112 Å². The highest BCUT2D eigenvalue weighted by atomic mass is 19.1. The van der Waals surface area contributed by atoms with Gasteiger partial charge in [0.1, 0.15) is 11.6 Å². The summed E-state index contributed by atoms with van der Waals surface area (Å²) in [6, 6.07) is 11.4. The second kappa shape index (κ2) is 5.57. The lowest BCUT2D eigenvalue weighted by Gasteiger charge is -2.17. The van der Waals surface area contributed by atoms with Gasteiger partial charge in [-0.15, -0.1) is 0 Å². The van der Waals surface area contributed by atoms with E-state index in [2.05, 4.69) is 5.32 Å². The third-order valence-electron chi connectivity index (χ3n) is 3.58. The molecule has 0 saturated heterocycles. The third-order valence-corrected chi connectivity index (χ3v) is 3.58. The van der Waals surface area contributed by atoms with Gasteiger partial charge in [-0.3, -0.25) is 0 Å². The molecule has 0 spiro atoms. The Morgan fingerprint density at radius 2 is 2.16 bits per heavy atom. The van der Waals surface area contributed by atoms with Gasteiger partial charge in [-0.05, 0) is 42.7 Å². The molecule has 1 aromatic heterocycles.